The Morgan fingerprint density at radius 3 is 2.76 bits per heavy atom. The Morgan fingerprint density at radius 1 is 1.28 bits per heavy atom. The first-order chi connectivity index (χ1) is 13.9. The highest BCUT2D eigenvalue weighted by atomic mass is 79.9. The second kappa shape index (κ2) is 6.34. The van der Waals surface area contributed by atoms with Crippen LogP contribution in [0.15, 0.2) is 56.4 Å². The van der Waals surface area contributed by atoms with Crippen LogP contribution in [0.5, 0.6) is 5.75 Å². The van der Waals surface area contributed by atoms with Gasteiger partial charge in [-0.3, -0.25) is 4.72 Å². The van der Waals surface area contributed by atoms with E-state index in [1.165, 1.54) is 18.7 Å². The molecule has 29 heavy (non-hydrogen) atoms. The van der Waals surface area contributed by atoms with E-state index in [1.807, 2.05) is 12.1 Å². The molecule has 0 radical (unpaired) electrons. The smallest absolute Gasteiger partial charge is 0.266 e. The number of fused-ring (bicyclic) bond motifs is 4. The minimum Gasteiger partial charge on any atom is -0.495 e. The summed E-state index contributed by atoms with van der Waals surface area (Å²) in [5.41, 5.74) is 3.04. The van der Waals surface area contributed by atoms with Crippen molar-refractivity contribution < 1.29 is 17.7 Å². The number of sulfonamides is 1. The molecule has 1 saturated carbocycles. The van der Waals surface area contributed by atoms with Crippen molar-refractivity contribution in [3.8, 4) is 17.1 Å². The summed E-state index contributed by atoms with van der Waals surface area (Å²) in [6.45, 7) is 2.23. The van der Waals surface area contributed by atoms with Crippen molar-refractivity contribution in [2.45, 2.75) is 30.1 Å². The molecule has 150 valence electrons. The number of hydrogen-bond acceptors (Lipinski definition) is 5. The maximum absolute atomic E-state index is 13.0. The highest BCUT2D eigenvalue weighted by Gasteiger charge is 2.56. The molecule has 1 spiro atoms. The molecule has 0 saturated heterocycles. The number of halogens is 1. The van der Waals surface area contributed by atoms with E-state index in [0.717, 1.165) is 22.0 Å². The molecule has 8 heteroatoms. The highest BCUT2D eigenvalue weighted by Crippen LogP contribution is 2.62. The van der Waals surface area contributed by atoms with Crippen molar-refractivity contribution in [2.24, 2.45) is 5.92 Å². The van der Waals surface area contributed by atoms with Crippen molar-refractivity contribution in [1.29, 1.82) is 0 Å². The standard InChI is InChI=1S/C21H19BrN2O4S/c1-12-10-21(12)11-15-19(14-9-13(22)7-8-16(14)21)28-23-20(15)24-29(25,26)18-6-4-3-5-17(18)27-2/h3-9,12H,10-11H2,1-2H3,(H,23,24). The number of hydrogen-bond donors (Lipinski definition) is 1. The molecule has 2 aliphatic rings. The van der Waals surface area contributed by atoms with Gasteiger partial charge in [-0.2, -0.15) is 0 Å². The molecule has 1 aromatic heterocycles. The first-order valence-electron chi connectivity index (χ1n) is 9.30. The fraction of sp³-hybridized carbons (Fsp3) is 0.286. The van der Waals surface area contributed by atoms with E-state index >= 15 is 0 Å². The minimum atomic E-state index is -3.88. The van der Waals surface area contributed by atoms with Gasteiger partial charge in [0.25, 0.3) is 10.0 Å². The third kappa shape index (κ3) is 2.80. The summed E-state index contributed by atoms with van der Waals surface area (Å²) < 4.78 is 40.5. The van der Waals surface area contributed by atoms with Gasteiger partial charge in [-0.25, -0.2) is 8.42 Å². The highest BCUT2D eigenvalue weighted by molar-refractivity contribution is 9.10. The number of anilines is 1. The fourth-order valence-corrected chi connectivity index (χ4v) is 6.01. The normalized spacial score (nSPS) is 22.1. The van der Waals surface area contributed by atoms with Gasteiger partial charge in [0.1, 0.15) is 10.6 Å². The molecular formula is C21H19BrN2O4S. The van der Waals surface area contributed by atoms with Crippen molar-refractivity contribution in [3.05, 3.63) is 58.1 Å². The summed E-state index contributed by atoms with van der Waals surface area (Å²) in [7, 11) is -2.44. The third-order valence-corrected chi connectivity index (χ3v) is 7.96. The molecule has 1 fully saturated rings. The number of methoxy groups -OCH3 is 1. The molecular weight excluding hydrogens is 456 g/mol. The summed E-state index contributed by atoms with van der Waals surface area (Å²) in [6, 6.07) is 12.7. The predicted octanol–water partition coefficient (Wildman–Crippen LogP) is 4.75. The van der Waals surface area contributed by atoms with Crippen LogP contribution in [0.25, 0.3) is 11.3 Å². The summed E-state index contributed by atoms with van der Waals surface area (Å²) in [5.74, 6) is 1.67. The van der Waals surface area contributed by atoms with Gasteiger partial charge >= 0.3 is 0 Å². The van der Waals surface area contributed by atoms with Crippen molar-refractivity contribution in [3.63, 3.8) is 0 Å². The van der Waals surface area contributed by atoms with E-state index in [9.17, 15) is 8.42 Å². The third-order valence-electron chi connectivity index (χ3n) is 6.09. The molecule has 2 atom stereocenters. The summed E-state index contributed by atoms with van der Waals surface area (Å²) in [6.07, 6.45) is 1.76. The lowest BCUT2D eigenvalue weighted by Crippen LogP contribution is -2.21. The van der Waals surface area contributed by atoms with Crippen LogP contribution in [0.4, 0.5) is 5.82 Å². The number of nitrogens with one attached hydrogen (secondary N) is 1. The van der Waals surface area contributed by atoms with Gasteiger partial charge in [-0.1, -0.05) is 46.2 Å². The van der Waals surface area contributed by atoms with E-state index in [1.54, 1.807) is 18.2 Å². The maximum Gasteiger partial charge on any atom is 0.266 e. The Morgan fingerprint density at radius 2 is 2.03 bits per heavy atom. The Bertz CT molecular complexity index is 1240. The molecule has 2 aliphatic carbocycles. The number of para-hydroxylation sites is 1. The SMILES string of the molecule is COc1ccccc1S(=O)(=O)Nc1noc2c1CC1(CC1C)c1ccc(Br)cc1-2. The number of nitrogens with zero attached hydrogens (tertiary/aromatic N) is 1. The summed E-state index contributed by atoms with van der Waals surface area (Å²) in [5, 5.41) is 4.09. The molecule has 3 aromatic rings. The minimum absolute atomic E-state index is 0.0131. The zero-order valence-corrected chi connectivity index (χ0v) is 18.3. The van der Waals surface area contributed by atoms with E-state index in [-0.39, 0.29) is 21.9 Å². The number of benzene rings is 2. The molecule has 1 heterocycles. The van der Waals surface area contributed by atoms with E-state index in [2.05, 4.69) is 38.8 Å². The molecule has 5 rings (SSSR count). The first kappa shape index (κ1) is 18.7. The van der Waals surface area contributed by atoms with Crippen LogP contribution in [0.2, 0.25) is 0 Å². The molecule has 2 aromatic carbocycles. The van der Waals surface area contributed by atoms with Crippen LogP contribution < -0.4 is 9.46 Å². The number of aromatic nitrogens is 1. The van der Waals surface area contributed by atoms with Gasteiger partial charge < -0.3 is 9.26 Å². The topological polar surface area (TPSA) is 81.4 Å². The Balaban J connectivity index is 1.60. The largest absolute Gasteiger partial charge is 0.495 e. The number of ether oxygens (including phenoxy) is 1. The van der Waals surface area contributed by atoms with Crippen molar-refractivity contribution in [2.75, 3.05) is 11.8 Å². The van der Waals surface area contributed by atoms with Crippen LogP contribution in [-0.4, -0.2) is 20.7 Å². The molecule has 6 nitrogen and oxygen atoms in total. The van der Waals surface area contributed by atoms with Gasteiger partial charge in [-0.15, -0.1) is 0 Å². The lowest BCUT2D eigenvalue weighted by molar-refractivity contribution is 0.403. The zero-order valence-electron chi connectivity index (χ0n) is 15.9. The Hall–Kier alpha value is -2.32. The van der Waals surface area contributed by atoms with Crippen LogP contribution in [-0.2, 0) is 21.9 Å². The van der Waals surface area contributed by atoms with Gasteiger partial charge in [-0.05, 0) is 48.6 Å². The van der Waals surface area contributed by atoms with Gasteiger partial charge in [0.15, 0.2) is 11.6 Å². The molecule has 0 aliphatic heterocycles. The average Bonchev–Trinajstić information content (AvgIpc) is 3.17. The van der Waals surface area contributed by atoms with E-state index in [0.29, 0.717) is 18.1 Å². The summed E-state index contributed by atoms with van der Waals surface area (Å²) >= 11 is 3.53. The molecule has 2 unspecified atom stereocenters. The van der Waals surface area contributed by atoms with Crippen LogP contribution in [0, 0.1) is 5.92 Å². The number of rotatable bonds is 4. The molecule has 0 amide bonds. The maximum atomic E-state index is 13.0. The van der Waals surface area contributed by atoms with Crippen molar-refractivity contribution in [1.82, 2.24) is 5.16 Å². The van der Waals surface area contributed by atoms with Crippen LogP contribution >= 0.6 is 15.9 Å². The van der Waals surface area contributed by atoms with Crippen LogP contribution in [0.3, 0.4) is 0 Å². The predicted molar refractivity (Wildman–Crippen MR) is 113 cm³/mol. The lowest BCUT2D eigenvalue weighted by atomic mass is 9.78. The van der Waals surface area contributed by atoms with E-state index in [4.69, 9.17) is 9.26 Å². The first-order valence-corrected chi connectivity index (χ1v) is 11.6. The lowest BCUT2D eigenvalue weighted by Gasteiger charge is -2.25. The second-order valence-corrected chi connectivity index (χ2v) is 10.3. The van der Waals surface area contributed by atoms with Crippen molar-refractivity contribution >= 4 is 31.8 Å². The average molecular weight is 475 g/mol. The van der Waals surface area contributed by atoms with Gasteiger partial charge in [0, 0.05) is 21.0 Å². The monoisotopic (exact) mass is 474 g/mol. The fourth-order valence-electron chi connectivity index (χ4n) is 4.45. The van der Waals surface area contributed by atoms with E-state index < -0.39 is 10.0 Å². The van der Waals surface area contributed by atoms with Gasteiger partial charge in [0.2, 0.25) is 0 Å². The molecule has 1 N–H and O–H groups in total. The quantitative estimate of drug-likeness (QED) is 0.589. The molecule has 0 bridgehead atoms. The Labute approximate surface area is 177 Å². The second-order valence-electron chi connectivity index (χ2n) is 7.72. The Kier molecular flexibility index (Phi) is 4.08. The van der Waals surface area contributed by atoms with Gasteiger partial charge in [0.05, 0.1) is 7.11 Å². The zero-order chi connectivity index (χ0) is 20.4. The van der Waals surface area contributed by atoms with Crippen LogP contribution in [0.1, 0.15) is 24.5 Å². The summed E-state index contributed by atoms with van der Waals surface area (Å²) in [4.78, 5) is 0.0627.